The predicted molar refractivity (Wildman–Crippen MR) is 48.8 cm³/mol. The quantitative estimate of drug-likeness (QED) is 0.681. The van der Waals surface area contributed by atoms with Gasteiger partial charge in [0.2, 0.25) is 11.8 Å². The Balaban J connectivity index is 2.63. The topological polar surface area (TPSA) is 63.4 Å². The van der Waals surface area contributed by atoms with E-state index < -0.39 is 0 Å². The summed E-state index contributed by atoms with van der Waals surface area (Å²) in [5.41, 5.74) is 5.23. The fourth-order valence-corrected chi connectivity index (χ4v) is 1.72. The first kappa shape index (κ1) is 10.0. The van der Waals surface area contributed by atoms with Gasteiger partial charge in [-0.25, -0.2) is 0 Å². The van der Waals surface area contributed by atoms with E-state index in [0.717, 1.165) is 12.8 Å². The number of hydrogen-bond acceptors (Lipinski definition) is 2. The third-order valence-corrected chi connectivity index (χ3v) is 2.38. The van der Waals surface area contributed by atoms with Gasteiger partial charge < -0.3 is 10.6 Å². The first-order valence-corrected chi connectivity index (χ1v) is 4.75. The van der Waals surface area contributed by atoms with Crippen LogP contribution in [0.2, 0.25) is 0 Å². The van der Waals surface area contributed by atoms with Crippen molar-refractivity contribution in [2.75, 3.05) is 6.54 Å². The van der Waals surface area contributed by atoms with Crippen LogP contribution in [0.25, 0.3) is 0 Å². The van der Waals surface area contributed by atoms with Crippen LogP contribution in [0, 0.1) is 0 Å². The normalized spacial score (nSPS) is 19.2. The summed E-state index contributed by atoms with van der Waals surface area (Å²) < 4.78 is 0. The number of nitrogens with zero attached hydrogens (tertiary/aromatic N) is 1. The number of amides is 2. The second kappa shape index (κ2) is 4.25. The zero-order valence-corrected chi connectivity index (χ0v) is 7.95. The molecule has 0 bridgehead atoms. The molecule has 2 N–H and O–H groups in total. The molecule has 1 saturated heterocycles. The van der Waals surface area contributed by atoms with Crippen molar-refractivity contribution in [1.82, 2.24) is 4.90 Å². The van der Waals surface area contributed by atoms with Crippen LogP contribution in [0.4, 0.5) is 0 Å². The van der Waals surface area contributed by atoms with Crippen molar-refractivity contribution in [3.05, 3.63) is 0 Å². The molecule has 1 aliphatic heterocycles. The van der Waals surface area contributed by atoms with E-state index in [-0.39, 0.29) is 17.9 Å². The third-order valence-electron chi connectivity index (χ3n) is 2.38. The summed E-state index contributed by atoms with van der Waals surface area (Å²) in [5, 5.41) is 0. The highest BCUT2D eigenvalue weighted by molar-refractivity contribution is 5.87. The average Bonchev–Trinajstić information content (AvgIpc) is 2.47. The number of carbonyl (C=O) groups excluding carboxylic acids is 2. The molecule has 0 aromatic carbocycles. The smallest absolute Gasteiger partial charge is 0.240 e. The molecule has 4 heteroatoms. The Morgan fingerprint density at radius 3 is 2.77 bits per heavy atom. The minimum Gasteiger partial charge on any atom is -0.368 e. The Bertz CT molecular complexity index is 216. The van der Waals surface area contributed by atoms with E-state index in [0.29, 0.717) is 19.4 Å². The van der Waals surface area contributed by atoms with Gasteiger partial charge in [0.1, 0.15) is 6.04 Å². The molecule has 0 aromatic heterocycles. The van der Waals surface area contributed by atoms with E-state index in [1.54, 1.807) is 4.90 Å². The highest BCUT2D eigenvalue weighted by atomic mass is 16.2. The lowest BCUT2D eigenvalue weighted by Crippen LogP contribution is -2.45. The van der Waals surface area contributed by atoms with Crippen LogP contribution in [0.15, 0.2) is 0 Å². The summed E-state index contributed by atoms with van der Waals surface area (Å²) in [4.78, 5) is 24.0. The molecule has 1 aliphatic rings. The summed E-state index contributed by atoms with van der Waals surface area (Å²) in [6.45, 7) is 2.67. The van der Waals surface area contributed by atoms with Crippen molar-refractivity contribution in [1.29, 1.82) is 0 Å². The second-order valence-corrected chi connectivity index (χ2v) is 3.40. The van der Waals surface area contributed by atoms with E-state index in [4.69, 9.17) is 5.73 Å². The van der Waals surface area contributed by atoms with Crippen LogP contribution in [-0.4, -0.2) is 29.3 Å². The maximum Gasteiger partial charge on any atom is 0.240 e. The Morgan fingerprint density at radius 2 is 2.38 bits per heavy atom. The molecule has 0 radical (unpaired) electrons. The molecule has 0 aliphatic carbocycles. The fourth-order valence-electron chi connectivity index (χ4n) is 1.72. The van der Waals surface area contributed by atoms with Crippen LogP contribution in [0.3, 0.4) is 0 Å². The van der Waals surface area contributed by atoms with Crippen molar-refractivity contribution in [2.24, 2.45) is 5.73 Å². The minimum absolute atomic E-state index is 0.0669. The van der Waals surface area contributed by atoms with Gasteiger partial charge in [-0.15, -0.1) is 0 Å². The highest BCUT2D eigenvalue weighted by Gasteiger charge is 2.30. The number of rotatable bonds is 4. The molecule has 0 aromatic rings. The maximum absolute atomic E-state index is 11.3. The van der Waals surface area contributed by atoms with Crippen LogP contribution in [-0.2, 0) is 9.59 Å². The lowest BCUT2D eigenvalue weighted by molar-refractivity contribution is -0.136. The van der Waals surface area contributed by atoms with Crippen molar-refractivity contribution >= 4 is 11.8 Å². The third kappa shape index (κ3) is 2.20. The van der Waals surface area contributed by atoms with E-state index in [1.807, 2.05) is 6.92 Å². The largest absolute Gasteiger partial charge is 0.368 e. The van der Waals surface area contributed by atoms with E-state index in [2.05, 4.69) is 0 Å². The number of likely N-dealkylation sites (tertiary alicyclic amines) is 1. The Labute approximate surface area is 78.1 Å². The van der Waals surface area contributed by atoms with Gasteiger partial charge in [0.15, 0.2) is 0 Å². The number of hydrogen-bond donors (Lipinski definition) is 1. The number of carbonyl (C=O) groups is 2. The molecule has 1 fully saturated rings. The van der Waals surface area contributed by atoms with E-state index >= 15 is 0 Å². The standard InChI is InChI=1S/C9H16N2O2/c1-2-4-7(9(10)13)11-6-3-5-8(11)12/h7H,2-6H2,1H3,(H2,10,13)/t7-/m0/s1. The first-order valence-electron chi connectivity index (χ1n) is 4.75. The summed E-state index contributed by atoms with van der Waals surface area (Å²) in [7, 11) is 0. The molecule has 1 rings (SSSR count). The fraction of sp³-hybridized carbons (Fsp3) is 0.778. The van der Waals surface area contributed by atoms with Crippen molar-refractivity contribution in [3.8, 4) is 0 Å². The van der Waals surface area contributed by atoms with Gasteiger partial charge in [-0.05, 0) is 12.8 Å². The lowest BCUT2D eigenvalue weighted by atomic mass is 10.1. The van der Waals surface area contributed by atoms with Crippen LogP contribution < -0.4 is 5.73 Å². The molecule has 1 atom stereocenters. The molecule has 74 valence electrons. The van der Waals surface area contributed by atoms with Crippen molar-refractivity contribution in [3.63, 3.8) is 0 Å². The van der Waals surface area contributed by atoms with Gasteiger partial charge in [-0.3, -0.25) is 9.59 Å². The van der Waals surface area contributed by atoms with Gasteiger partial charge in [-0.1, -0.05) is 13.3 Å². The Morgan fingerprint density at radius 1 is 1.69 bits per heavy atom. The molecule has 0 unspecified atom stereocenters. The van der Waals surface area contributed by atoms with E-state index in [1.165, 1.54) is 0 Å². The maximum atomic E-state index is 11.3. The molecular weight excluding hydrogens is 168 g/mol. The van der Waals surface area contributed by atoms with Gasteiger partial charge in [0.25, 0.3) is 0 Å². The SMILES string of the molecule is CCC[C@@H](C(N)=O)N1CCCC1=O. The monoisotopic (exact) mass is 184 g/mol. The Hall–Kier alpha value is -1.06. The molecule has 13 heavy (non-hydrogen) atoms. The van der Waals surface area contributed by atoms with Crippen molar-refractivity contribution in [2.45, 2.75) is 38.6 Å². The van der Waals surface area contributed by atoms with Crippen LogP contribution >= 0.6 is 0 Å². The summed E-state index contributed by atoms with van der Waals surface area (Å²) in [6, 6.07) is -0.375. The summed E-state index contributed by atoms with van der Waals surface area (Å²) in [6.07, 6.45) is 2.97. The Kier molecular flexibility index (Phi) is 3.28. The van der Waals surface area contributed by atoms with Gasteiger partial charge in [-0.2, -0.15) is 0 Å². The average molecular weight is 184 g/mol. The zero-order chi connectivity index (χ0) is 9.84. The minimum atomic E-state index is -0.378. The van der Waals surface area contributed by atoms with Gasteiger partial charge >= 0.3 is 0 Å². The van der Waals surface area contributed by atoms with Gasteiger partial charge in [0, 0.05) is 13.0 Å². The van der Waals surface area contributed by atoms with Gasteiger partial charge in [0.05, 0.1) is 0 Å². The van der Waals surface area contributed by atoms with E-state index in [9.17, 15) is 9.59 Å². The molecule has 1 heterocycles. The van der Waals surface area contributed by atoms with Crippen LogP contribution in [0.5, 0.6) is 0 Å². The highest BCUT2D eigenvalue weighted by Crippen LogP contribution is 2.16. The molecule has 4 nitrogen and oxygen atoms in total. The summed E-state index contributed by atoms with van der Waals surface area (Å²) in [5.74, 6) is -0.311. The predicted octanol–water partition coefficient (Wildman–Crippen LogP) is 0.263. The summed E-state index contributed by atoms with van der Waals surface area (Å²) >= 11 is 0. The second-order valence-electron chi connectivity index (χ2n) is 3.40. The van der Waals surface area contributed by atoms with Crippen molar-refractivity contribution < 1.29 is 9.59 Å². The zero-order valence-electron chi connectivity index (χ0n) is 7.95. The number of primary amides is 1. The molecule has 2 amide bonds. The molecule has 0 spiro atoms. The first-order chi connectivity index (χ1) is 6.16. The number of nitrogens with two attached hydrogens (primary N) is 1. The molecular formula is C9H16N2O2. The molecule has 0 saturated carbocycles. The lowest BCUT2D eigenvalue weighted by Gasteiger charge is -2.24. The van der Waals surface area contributed by atoms with Crippen LogP contribution in [0.1, 0.15) is 32.6 Å².